The first-order valence-electron chi connectivity index (χ1n) is 12.1. The normalized spacial score (nSPS) is 21.1. The van der Waals surface area contributed by atoms with E-state index in [0.717, 1.165) is 44.5 Å². The van der Waals surface area contributed by atoms with Crippen molar-refractivity contribution < 1.29 is 4.74 Å². The van der Waals surface area contributed by atoms with E-state index in [-0.39, 0.29) is 29.5 Å². The molecule has 2 saturated heterocycles. The number of piperidine rings is 1. The summed E-state index contributed by atoms with van der Waals surface area (Å²) in [4.78, 5) is 7.11. The molecule has 2 fully saturated rings. The standard InChI is InChI=1S/C25H43N5O.HI/c1-20(2)18-30-14-10-23(11-15-30)28-24(26-4)27-19-25(12-16-31-17-13-25)29-21(3)22-8-6-5-7-9-22;/h5-9,20-21,23,29H,10-19H2,1-4H3,(H2,26,27,28);1H. The molecule has 1 unspecified atom stereocenters. The number of hydrogen-bond donors (Lipinski definition) is 3. The number of hydrogen-bond acceptors (Lipinski definition) is 4. The molecule has 1 aromatic carbocycles. The Morgan fingerprint density at radius 3 is 2.38 bits per heavy atom. The lowest BCUT2D eigenvalue weighted by molar-refractivity contribution is 0.0354. The summed E-state index contributed by atoms with van der Waals surface area (Å²) in [5.74, 6) is 1.66. The Morgan fingerprint density at radius 2 is 1.78 bits per heavy atom. The van der Waals surface area contributed by atoms with E-state index < -0.39 is 0 Å². The van der Waals surface area contributed by atoms with Gasteiger partial charge in [-0.2, -0.15) is 0 Å². The minimum Gasteiger partial charge on any atom is -0.381 e. The maximum Gasteiger partial charge on any atom is 0.191 e. The molecule has 0 spiro atoms. The maximum atomic E-state index is 5.69. The fraction of sp³-hybridized carbons (Fsp3) is 0.720. The van der Waals surface area contributed by atoms with E-state index in [9.17, 15) is 0 Å². The molecule has 3 N–H and O–H groups in total. The van der Waals surface area contributed by atoms with Crippen LogP contribution in [0.15, 0.2) is 35.3 Å². The molecule has 2 aliphatic heterocycles. The Morgan fingerprint density at radius 1 is 1.12 bits per heavy atom. The van der Waals surface area contributed by atoms with Gasteiger partial charge in [-0.05, 0) is 44.1 Å². The van der Waals surface area contributed by atoms with Crippen molar-refractivity contribution >= 4 is 29.9 Å². The SMILES string of the molecule is CN=C(NCC1(NC(C)c2ccccc2)CCOCC1)NC1CCN(CC(C)C)CC1.I. The summed E-state index contributed by atoms with van der Waals surface area (Å²) in [5, 5.41) is 11.2. The number of halogens is 1. The molecule has 0 aromatic heterocycles. The molecule has 1 aromatic rings. The van der Waals surface area contributed by atoms with Gasteiger partial charge in [0.1, 0.15) is 0 Å². The average Bonchev–Trinajstić information content (AvgIpc) is 2.78. The van der Waals surface area contributed by atoms with Crippen molar-refractivity contribution in [3.63, 3.8) is 0 Å². The fourth-order valence-electron chi connectivity index (χ4n) is 4.84. The van der Waals surface area contributed by atoms with Gasteiger partial charge in [0.2, 0.25) is 0 Å². The molecule has 32 heavy (non-hydrogen) atoms. The second kappa shape index (κ2) is 13.7. The van der Waals surface area contributed by atoms with E-state index in [0.29, 0.717) is 12.1 Å². The van der Waals surface area contributed by atoms with E-state index in [1.165, 1.54) is 38.0 Å². The highest BCUT2D eigenvalue weighted by atomic mass is 127. The number of rotatable bonds is 8. The number of likely N-dealkylation sites (tertiary alicyclic amines) is 1. The third-order valence-corrected chi connectivity index (χ3v) is 6.64. The van der Waals surface area contributed by atoms with Crippen LogP contribution in [0.5, 0.6) is 0 Å². The zero-order valence-corrected chi connectivity index (χ0v) is 22.7. The van der Waals surface area contributed by atoms with Crippen molar-refractivity contribution in [2.45, 2.75) is 64.1 Å². The van der Waals surface area contributed by atoms with Gasteiger partial charge >= 0.3 is 0 Å². The minimum atomic E-state index is 0. The van der Waals surface area contributed by atoms with Gasteiger partial charge in [0, 0.05) is 64.1 Å². The van der Waals surface area contributed by atoms with Crippen LogP contribution in [0.2, 0.25) is 0 Å². The molecule has 0 radical (unpaired) electrons. The van der Waals surface area contributed by atoms with Gasteiger partial charge < -0.3 is 25.6 Å². The van der Waals surface area contributed by atoms with Crippen LogP contribution < -0.4 is 16.0 Å². The second-order valence-corrected chi connectivity index (χ2v) is 9.71. The fourth-order valence-corrected chi connectivity index (χ4v) is 4.84. The molecule has 2 aliphatic rings. The topological polar surface area (TPSA) is 60.9 Å². The minimum absolute atomic E-state index is 0. The van der Waals surface area contributed by atoms with Crippen molar-refractivity contribution in [3.05, 3.63) is 35.9 Å². The summed E-state index contributed by atoms with van der Waals surface area (Å²) < 4.78 is 5.69. The first-order valence-corrected chi connectivity index (χ1v) is 12.1. The first kappa shape index (κ1) is 27.3. The molecule has 0 saturated carbocycles. The smallest absolute Gasteiger partial charge is 0.191 e. The Balaban J connectivity index is 0.00000363. The molecule has 7 heteroatoms. The van der Waals surface area contributed by atoms with Crippen molar-refractivity contribution in [1.82, 2.24) is 20.9 Å². The molecule has 2 heterocycles. The largest absolute Gasteiger partial charge is 0.381 e. The van der Waals surface area contributed by atoms with Crippen molar-refractivity contribution in [3.8, 4) is 0 Å². The average molecular weight is 558 g/mol. The van der Waals surface area contributed by atoms with Crippen LogP contribution in [0.25, 0.3) is 0 Å². The van der Waals surface area contributed by atoms with Gasteiger partial charge in [-0.3, -0.25) is 4.99 Å². The van der Waals surface area contributed by atoms with Crippen molar-refractivity contribution in [2.75, 3.05) is 46.4 Å². The number of aliphatic imine (C=N–C) groups is 1. The Kier molecular flexibility index (Phi) is 11.7. The summed E-state index contributed by atoms with van der Waals surface area (Å²) in [6, 6.07) is 11.5. The van der Waals surface area contributed by atoms with Crippen LogP contribution >= 0.6 is 24.0 Å². The van der Waals surface area contributed by atoms with Gasteiger partial charge in [0.05, 0.1) is 0 Å². The molecule has 3 rings (SSSR count). The highest BCUT2D eigenvalue weighted by molar-refractivity contribution is 14.0. The molecule has 6 nitrogen and oxygen atoms in total. The lowest BCUT2D eigenvalue weighted by Gasteiger charge is -2.41. The molecule has 0 aliphatic carbocycles. The monoisotopic (exact) mass is 557 g/mol. The number of nitrogens with one attached hydrogen (secondary N) is 3. The quantitative estimate of drug-likeness (QED) is 0.258. The third kappa shape index (κ3) is 8.47. The van der Waals surface area contributed by atoms with E-state index in [1.807, 2.05) is 7.05 Å². The van der Waals surface area contributed by atoms with Crippen molar-refractivity contribution in [1.29, 1.82) is 0 Å². The Labute approximate surface area is 212 Å². The molecular formula is C25H44IN5O. The van der Waals surface area contributed by atoms with Gasteiger partial charge in [-0.15, -0.1) is 24.0 Å². The van der Waals surface area contributed by atoms with Crippen LogP contribution in [0.3, 0.4) is 0 Å². The summed E-state index contributed by atoms with van der Waals surface area (Å²) >= 11 is 0. The van der Waals surface area contributed by atoms with Crippen LogP contribution in [-0.4, -0.2) is 68.9 Å². The predicted molar refractivity (Wildman–Crippen MR) is 145 cm³/mol. The van der Waals surface area contributed by atoms with E-state index in [2.05, 4.69) is 76.9 Å². The summed E-state index contributed by atoms with van der Waals surface area (Å²) in [6.07, 6.45) is 4.36. The zero-order valence-electron chi connectivity index (χ0n) is 20.4. The molecule has 0 amide bonds. The number of nitrogens with zero attached hydrogens (tertiary/aromatic N) is 2. The van der Waals surface area contributed by atoms with E-state index >= 15 is 0 Å². The number of ether oxygens (including phenoxy) is 1. The van der Waals surface area contributed by atoms with E-state index in [4.69, 9.17) is 4.74 Å². The molecule has 1 atom stereocenters. The van der Waals surface area contributed by atoms with Crippen LogP contribution in [-0.2, 0) is 4.74 Å². The lowest BCUT2D eigenvalue weighted by Crippen LogP contribution is -2.59. The Bertz CT molecular complexity index is 670. The second-order valence-electron chi connectivity index (χ2n) is 9.71. The van der Waals surface area contributed by atoms with Crippen LogP contribution in [0, 0.1) is 5.92 Å². The molecule has 182 valence electrons. The lowest BCUT2D eigenvalue weighted by atomic mass is 9.88. The summed E-state index contributed by atoms with van der Waals surface area (Å²) in [5.41, 5.74) is 1.33. The van der Waals surface area contributed by atoms with Crippen LogP contribution in [0.1, 0.15) is 58.1 Å². The summed E-state index contributed by atoms with van der Waals surface area (Å²) in [7, 11) is 1.87. The molecule has 0 bridgehead atoms. The Hall–Kier alpha value is -0.900. The van der Waals surface area contributed by atoms with Gasteiger partial charge in [0.15, 0.2) is 5.96 Å². The number of guanidine groups is 1. The van der Waals surface area contributed by atoms with Gasteiger partial charge in [0.25, 0.3) is 0 Å². The zero-order chi connectivity index (χ0) is 22.1. The van der Waals surface area contributed by atoms with E-state index in [1.54, 1.807) is 0 Å². The summed E-state index contributed by atoms with van der Waals surface area (Å²) in [6.45, 7) is 12.9. The third-order valence-electron chi connectivity index (χ3n) is 6.64. The van der Waals surface area contributed by atoms with Crippen molar-refractivity contribution in [2.24, 2.45) is 10.9 Å². The molecular weight excluding hydrogens is 513 g/mol. The van der Waals surface area contributed by atoms with Gasteiger partial charge in [-0.1, -0.05) is 44.2 Å². The van der Waals surface area contributed by atoms with Gasteiger partial charge in [-0.25, -0.2) is 0 Å². The van der Waals surface area contributed by atoms with Crippen LogP contribution in [0.4, 0.5) is 0 Å². The first-order chi connectivity index (χ1) is 15.0. The maximum absolute atomic E-state index is 5.69. The highest BCUT2D eigenvalue weighted by Gasteiger charge is 2.34. The predicted octanol–water partition coefficient (Wildman–Crippen LogP) is 3.79. The highest BCUT2D eigenvalue weighted by Crippen LogP contribution is 2.25. The number of benzene rings is 1.